The number of esters is 1. The highest BCUT2D eigenvalue weighted by molar-refractivity contribution is 7.17. The highest BCUT2D eigenvalue weighted by Crippen LogP contribution is 2.50. The Morgan fingerprint density at radius 3 is 2.37 bits per heavy atom. The molecule has 1 aromatic heterocycles. The normalized spacial score (nSPS) is 23.4. The fourth-order valence-corrected chi connectivity index (χ4v) is 6.81. The third-order valence-electron chi connectivity index (χ3n) is 7.01. The second-order valence-electron chi connectivity index (χ2n) is 8.96. The van der Waals surface area contributed by atoms with Crippen molar-refractivity contribution in [3.8, 4) is 0 Å². The van der Waals surface area contributed by atoms with Crippen LogP contribution in [0, 0.1) is 5.92 Å². The fraction of sp³-hybridized carbons (Fsp3) is 0.296. The quantitative estimate of drug-likeness (QED) is 0.399. The number of carbonyl (C=O) groups excluding carboxylic acids is 3. The number of imide groups is 1. The Bertz CT molecular complexity index is 1310. The molecule has 35 heavy (non-hydrogen) atoms. The van der Waals surface area contributed by atoms with Crippen molar-refractivity contribution in [3.05, 3.63) is 82.2 Å². The van der Waals surface area contributed by atoms with E-state index in [0.29, 0.717) is 10.6 Å². The molecule has 178 valence electrons. The lowest BCUT2D eigenvalue weighted by Gasteiger charge is -2.28. The number of amides is 2. The van der Waals surface area contributed by atoms with Crippen molar-refractivity contribution < 1.29 is 24.0 Å². The standard InChI is InChI=1S/C27H24N2O5S/c1-33-27(32)20-18-14-8-9-15-19(18)35-26(20)28-24(30)21-22(16-10-4-2-5-11-16)29(34-23(21)25(28)31)17-12-6-3-7-13-17/h2-7,10-13,21-23H,8-9,14-15H2,1H3/t21-,22-,23-/m1/s1. The molecule has 2 aromatic carbocycles. The zero-order chi connectivity index (χ0) is 24.1. The molecule has 0 bridgehead atoms. The summed E-state index contributed by atoms with van der Waals surface area (Å²) >= 11 is 1.36. The van der Waals surface area contributed by atoms with Gasteiger partial charge in [0.1, 0.15) is 10.9 Å². The molecule has 7 nitrogen and oxygen atoms in total. The molecule has 0 unspecified atom stereocenters. The summed E-state index contributed by atoms with van der Waals surface area (Å²) in [5.41, 5.74) is 2.91. The van der Waals surface area contributed by atoms with Gasteiger partial charge in [-0.25, -0.2) is 14.8 Å². The van der Waals surface area contributed by atoms with Crippen molar-refractivity contribution in [2.75, 3.05) is 17.1 Å². The number of benzene rings is 2. The van der Waals surface area contributed by atoms with Crippen LogP contribution in [0.2, 0.25) is 0 Å². The number of ether oxygens (including phenoxy) is 1. The molecule has 3 atom stereocenters. The Labute approximate surface area is 206 Å². The number of hydrogen-bond donors (Lipinski definition) is 0. The molecular weight excluding hydrogens is 464 g/mol. The maximum atomic E-state index is 14.0. The molecule has 3 aromatic rings. The summed E-state index contributed by atoms with van der Waals surface area (Å²) in [4.78, 5) is 49.0. The van der Waals surface area contributed by atoms with E-state index in [1.54, 1.807) is 5.06 Å². The van der Waals surface area contributed by atoms with Gasteiger partial charge in [0, 0.05) is 4.88 Å². The van der Waals surface area contributed by atoms with Gasteiger partial charge in [-0.3, -0.25) is 14.4 Å². The van der Waals surface area contributed by atoms with Crippen LogP contribution >= 0.6 is 11.3 Å². The molecule has 2 fully saturated rings. The van der Waals surface area contributed by atoms with E-state index in [9.17, 15) is 14.4 Å². The van der Waals surface area contributed by atoms with Crippen molar-refractivity contribution in [3.63, 3.8) is 0 Å². The topological polar surface area (TPSA) is 76.2 Å². The first-order chi connectivity index (χ1) is 17.1. The van der Waals surface area contributed by atoms with E-state index >= 15 is 0 Å². The first kappa shape index (κ1) is 22.0. The smallest absolute Gasteiger partial charge is 0.341 e. The number of fused-ring (bicyclic) bond motifs is 2. The van der Waals surface area contributed by atoms with Gasteiger partial charge in [-0.05, 0) is 48.9 Å². The molecule has 0 spiro atoms. The molecule has 0 radical (unpaired) electrons. The van der Waals surface area contributed by atoms with Crippen molar-refractivity contribution in [2.45, 2.75) is 37.8 Å². The number of hydroxylamine groups is 1. The lowest BCUT2D eigenvalue weighted by Crippen LogP contribution is -2.37. The van der Waals surface area contributed by atoms with Gasteiger partial charge in [0.25, 0.3) is 5.91 Å². The summed E-state index contributed by atoms with van der Waals surface area (Å²) in [6.45, 7) is 0. The predicted molar refractivity (Wildman–Crippen MR) is 131 cm³/mol. The number of nitrogens with zero attached hydrogens (tertiary/aromatic N) is 2. The highest BCUT2D eigenvalue weighted by atomic mass is 32.1. The summed E-state index contributed by atoms with van der Waals surface area (Å²) < 4.78 is 5.07. The van der Waals surface area contributed by atoms with Crippen molar-refractivity contribution in [1.29, 1.82) is 0 Å². The Hall–Kier alpha value is -3.49. The van der Waals surface area contributed by atoms with Crippen molar-refractivity contribution in [1.82, 2.24) is 0 Å². The van der Waals surface area contributed by atoms with E-state index in [1.165, 1.54) is 23.3 Å². The first-order valence-electron chi connectivity index (χ1n) is 11.8. The molecule has 6 rings (SSSR count). The molecule has 1 aliphatic carbocycles. The van der Waals surface area contributed by atoms with E-state index in [2.05, 4.69) is 0 Å². The number of hydrogen-bond acceptors (Lipinski definition) is 7. The predicted octanol–water partition coefficient (Wildman–Crippen LogP) is 4.46. The van der Waals surface area contributed by atoms with E-state index in [0.717, 1.165) is 47.4 Å². The SMILES string of the molecule is COC(=O)c1c(N2C(=O)[C@@H]3[C@@H](c4ccccc4)N(c4ccccc4)O[C@H]3C2=O)sc2c1CCCC2. The number of aryl methyl sites for hydroxylation is 1. The molecule has 2 amide bonds. The van der Waals surface area contributed by atoms with Crippen LogP contribution in [0.4, 0.5) is 10.7 Å². The minimum atomic E-state index is -0.975. The highest BCUT2D eigenvalue weighted by Gasteiger charge is 2.61. The van der Waals surface area contributed by atoms with E-state index < -0.39 is 29.9 Å². The Morgan fingerprint density at radius 1 is 0.971 bits per heavy atom. The zero-order valence-electron chi connectivity index (χ0n) is 19.2. The number of carbonyl (C=O) groups is 3. The monoisotopic (exact) mass is 488 g/mol. The van der Waals surface area contributed by atoms with Crippen LogP contribution in [0.15, 0.2) is 60.7 Å². The number of rotatable bonds is 4. The van der Waals surface area contributed by atoms with Gasteiger partial charge in [-0.15, -0.1) is 11.3 Å². The van der Waals surface area contributed by atoms with Crippen LogP contribution in [0.5, 0.6) is 0 Å². The molecule has 0 saturated carbocycles. The summed E-state index contributed by atoms with van der Waals surface area (Å²) in [6.07, 6.45) is 2.58. The van der Waals surface area contributed by atoms with E-state index in [4.69, 9.17) is 9.57 Å². The minimum absolute atomic E-state index is 0.351. The maximum absolute atomic E-state index is 14.0. The molecule has 8 heteroatoms. The lowest BCUT2D eigenvalue weighted by molar-refractivity contribution is -0.126. The summed E-state index contributed by atoms with van der Waals surface area (Å²) in [7, 11) is 1.33. The largest absolute Gasteiger partial charge is 0.465 e. The van der Waals surface area contributed by atoms with Gasteiger partial charge in [-0.1, -0.05) is 48.5 Å². The second-order valence-corrected chi connectivity index (χ2v) is 10.0. The molecule has 2 aliphatic heterocycles. The van der Waals surface area contributed by atoms with Crippen LogP contribution in [-0.2, 0) is 32.0 Å². The summed E-state index contributed by atoms with van der Waals surface area (Å²) in [6, 6.07) is 18.6. The van der Waals surface area contributed by atoms with Crippen LogP contribution in [0.1, 0.15) is 45.2 Å². The van der Waals surface area contributed by atoms with Gasteiger partial charge >= 0.3 is 5.97 Å². The first-order valence-corrected chi connectivity index (χ1v) is 12.6. The summed E-state index contributed by atoms with van der Waals surface area (Å²) in [5.74, 6) is -2.04. The van der Waals surface area contributed by atoms with Crippen LogP contribution in [0.3, 0.4) is 0 Å². The van der Waals surface area contributed by atoms with Gasteiger partial charge in [0.2, 0.25) is 5.91 Å². The Balaban J connectivity index is 1.45. The molecule has 2 saturated heterocycles. The number of thiophene rings is 1. The van der Waals surface area contributed by atoms with Crippen LogP contribution < -0.4 is 9.96 Å². The van der Waals surface area contributed by atoms with Gasteiger partial charge in [-0.2, -0.15) is 0 Å². The third kappa shape index (κ3) is 3.39. The van der Waals surface area contributed by atoms with Gasteiger partial charge in [0.15, 0.2) is 6.10 Å². The zero-order valence-corrected chi connectivity index (χ0v) is 20.0. The average Bonchev–Trinajstić information content (AvgIpc) is 3.55. The van der Waals surface area contributed by atoms with E-state index in [-0.39, 0.29) is 5.91 Å². The van der Waals surface area contributed by atoms with E-state index in [1.807, 2.05) is 60.7 Å². The fourth-order valence-electron chi connectivity index (χ4n) is 5.42. The van der Waals surface area contributed by atoms with Crippen LogP contribution in [-0.4, -0.2) is 31.0 Å². The number of methoxy groups -OCH3 is 1. The van der Waals surface area contributed by atoms with Crippen molar-refractivity contribution in [2.24, 2.45) is 5.92 Å². The lowest BCUT2D eigenvalue weighted by atomic mass is 9.90. The summed E-state index contributed by atoms with van der Waals surface area (Å²) in [5, 5.41) is 2.05. The van der Waals surface area contributed by atoms with Gasteiger partial charge < -0.3 is 4.74 Å². The Morgan fingerprint density at radius 2 is 1.66 bits per heavy atom. The molecule has 3 heterocycles. The molecular formula is C27H24N2O5S. The van der Waals surface area contributed by atoms with Crippen molar-refractivity contribution >= 4 is 39.8 Å². The molecule has 3 aliphatic rings. The van der Waals surface area contributed by atoms with Crippen LogP contribution in [0.25, 0.3) is 0 Å². The second kappa shape index (κ2) is 8.62. The number of para-hydroxylation sites is 1. The maximum Gasteiger partial charge on any atom is 0.341 e. The Kier molecular flexibility index (Phi) is 5.42. The average molecular weight is 489 g/mol. The number of anilines is 2. The third-order valence-corrected chi connectivity index (χ3v) is 8.29. The minimum Gasteiger partial charge on any atom is -0.465 e. The molecule has 0 N–H and O–H groups in total. The van der Waals surface area contributed by atoms with Gasteiger partial charge in [0.05, 0.1) is 24.4 Å².